The second-order valence-corrected chi connectivity index (χ2v) is 4.81. The number of nitrogens with zero attached hydrogens (tertiary/aromatic N) is 1. The number of benzene rings is 1. The molecule has 17 heavy (non-hydrogen) atoms. The molecule has 2 rings (SSSR count). The summed E-state index contributed by atoms with van der Waals surface area (Å²) in [6, 6.07) is 4.75. The molecule has 5 heteroatoms. The van der Waals surface area contributed by atoms with Gasteiger partial charge < -0.3 is 5.11 Å². The second kappa shape index (κ2) is 5.02. The van der Waals surface area contributed by atoms with Crippen LogP contribution in [0.3, 0.4) is 0 Å². The van der Waals surface area contributed by atoms with Crippen molar-refractivity contribution in [3.8, 4) is 0 Å². The Labute approximate surface area is 104 Å². The zero-order chi connectivity index (χ0) is 12.4. The molecule has 0 amide bonds. The minimum atomic E-state index is -0.757. The monoisotopic (exact) mass is 257 g/mol. The van der Waals surface area contributed by atoms with E-state index in [9.17, 15) is 9.18 Å². The fourth-order valence-corrected chi connectivity index (χ4v) is 2.20. The van der Waals surface area contributed by atoms with Crippen LogP contribution in [0.15, 0.2) is 18.2 Å². The van der Waals surface area contributed by atoms with Crippen LogP contribution in [-0.2, 0) is 11.3 Å². The van der Waals surface area contributed by atoms with Gasteiger partial charge in [0.1, 0.15) is 5.82 Å². The number of carbonyl (C=O) groups is 1. The smallest absolute Gasteiger partial charge is 0.303 e. The quantitative estimate of drug-likeness (QED) is 0.900. The number of hydrogen-bond donors (Lipinski definition) is 1. The highest BCUT2D eigenvalue weighted by Crippen LogP contribution is 2.23. The molecule has 1 saturated heterocycles. The first kappa shape index (κ1) is 12.3. The zero-order valence-corrected chi connectivity index (χ0v) is 9.95. The van der Waals surface area contributed by atoms with E-state index in [0.29, 0.717) is 6.54 Å². The second-order valence-electron chi connectivity index (χ2n) is 4.41. The maximum absolute atomic E-state index is 13.2. The molecule has 0 unspecified atom stereocenters. The Morgan fingerprint density at radius 1 is 1.53 bits per heavy atom. The molecular weight excluding hydrogens is 245 g/mol. The summed E-state index contributed by atoms with van der Waals surface area (Å²) in [5, 5.41) is 8.74. The summed E-state index contributed by atoms with van der Waals surface area (Å²) in [7, 11) is 0. The van der Waals surface area contributed by atoms with Gasteiger partial charge >= 0.3 is 5.97 Å². The lowest BCUT2D eigenvalue weighted by Gasteiger charge is -2.38. The lowest BCUT2D eigenvalue weighted by molar-refractivity contribution is -0.139. The van der Waals surface area contributed by atoms with Crippen LogP contribution in [0.1, 0.15) is 12.0 Å². The average molecular weight is 258 g/mol. The number of aliphatic carboxylic acids is 1. The van der Waals surface area contributed by atoms with Gasteiger partial charge in [-0.05, 0) is 23.6 Å². The van der Waals surface area contributed by atoms with Crippen molar-refractivity contribution in [3.05, 3.63) is 34.6 Å². The topological polar surface area (TPSA) is 40.5 Å². The highest BCUT2D eigenvalue weighted by Gasteiger charge is 2.28. The summed E-state index contributed by atoms with van der Waals surface area (Å²) >= 11 is 5.59. The molecule has 0 aliphatic carbocycles. The van der Waals surface area contributed by atoms with E-state index in [0.717, 1.165) is 18.7 Å². The first-order valence-corrected chi connectivity index (χ1v) is 5.80. The van der Waals surface area contributed by atoms with Crippen LogP contribution in [0.4, 0.5) is 4.39 Å². The highest BCUT2D eigenvalue weighted by atomic mass is 35.5. The van der Waals surface area contributed by atoms with Crippen LogP contribution in [0.5, 0.6) is 0 Å². The van der Waals surface area contributed by atoms with Crippen LogP contribution in [0.2, 0.25) is 5.02 Å². The Hall–Kier alpha value is -1.13. The van der Waals surface area contributed by atoms with Crippen molar-refractivity contribution in [2.75, 3.05) is 13.1 Å². The minimum absolute atomic E-state index is 0.126. The number of rotatable bonds is 4. The predicted molar refractivity (Wildman–Crippen MR) is 62.4 cm³/mol. The molecule has 92 valence electrons. The van der Waals surface area contributed by atoms with Crippen molar-refractivity contribution < 1.29 is 14.3 Å². The molecule has 0 saturated carbocycles. The van der Waals surface area contributed by atoms with E-state index >= 15 is 0 Å². The zero-order valence-electron chi connectivity index (χ0n) is 9.20. The standard InChI is InChI=1S/C12H13ClFNO2/c13-10-2-1-8(3-11(10)14)5-15-6-9(7-15)4-12(16)17/h1-3,9H,4-7H2,(H,16,17). The Morgan fingerprint density at radius 3 is 2.82 bits per heavy atom. The Morgan fingerprint density at radius 2 is 2.24 bits per heavy atom. The molecule has 1 aliphatic heterocycles. The van der Waals surface area contributed by atoms with Gasteiger partial charge in [-0.25, -0.2) is 4.39 Å². The van der Waals surface area contributed by atoms with Crippen LogP contribution >= 0.6 is 11.6 Å². The summed E-state index contributed by atoms with van der Waals surface area (Å²) in [4.78, 5) is 12.6. The Kier molecular flexibility index (Phi) is 3.64. The Bertz CT molecular complexity index is 433. The fourth-order valence-electron chi connectivity index (χ4n) is 2.08. The van der Waals surface area contributed by atoms with E-state index in [-0.39, 0.29) is 17.4 Å². The number of halogens is 2. The van der Waals surface area contributed by atoms with Crippen molar-refractivity contribution in [3.63, 3.8) is 0 Å². The van der Waals surface area contributed by atoms with Crippen LogP contribution in [-0.4, -0.2) is 29.1 Å². The third-order valence-electron chi connectivity index (χ3n) is 2.89. The summed E-state index contributed by atoms with van der Waals surface area (Å²) in [6.45, 7) is 2.16. The van der Waals surface area contributed by atoms with E-state index in [1.54, 1.807) is 12.1 Å². The van der Waals surface area contributed by atoms with E-state index in [1.165, 1.54) is 6.07 Å². The van der Waals surface area contributed by atoms with Crippen molar-refractivity contribution in [2.24, 2.45) is 5.92 Å². The third-order valence-corrected chi connectivity index (χ3v) is 3.19. The molecule has 1 aromatic rings. The van der Waals surface area contributed by atoms with Gasteiger partial charge in [-0.15, -0.1) is 0 Å². The molecule has 0 spiro atoms. The molecular formula is C12H13ClFNO2. The first-order valence-electron chi connectivity index (χ1n) is 5.42. The number of hydrogen-bond acceptors (Lipinski definition) is 2. The summed E-state index contributed by atoms with van der Waals surface area (Å²) in [5.41, 5.74) is 0.862. The van der Waals surface area contributed by atoms with Gasteiger partial charge in [0.05, 0.1) is 11.4 Å². The van der Waals surface area contributed by atoms with Gasteiger partial charge in [0, 0.05) is 19.6 Å². The molecule has 0 aromatic heterocycles. The van der Waals surface area contributed by atoms with Crippen LogP contribution in [0, 0.1) is 11.7 Å². The van der Waals surface area contributed by atoms with Gasteiger partial charge in [0.25, 0.3) is 0 Å². The van der Waals surface area contributed by atoms with E-state index < -0.39 is 11.8 Å². The van der Waals surface area contributed by atoms with Crippen molar-refractivity contribution in [1.29, 1.82) is 0 Å². The van der Waals surface area contributed by atoms with Crippen molar-refractivity contribution >= 4 is 17.6 Å². The molecule has 0 atom stereocenters. The van der Waals surface area contributed by atoms with Crippen molar-refractivity contribution in [2.45, 2.75) is 13.0 Å². The largest absolute Gasteiger partial charge is 0.481 e. The van der Waals surface area contributed by atoms with E-state index in [1.807, 2.05) is 0 Å². The van der Waals surface area contributed by atoms with E-state index in [2.05, 4.69) is 4.90 Å². The van der Waals surface area contributed by atoms with Gasteiger partial charge in [-0.3, -0.25) is 9.69 Å². The van der Waals surface area contributed by atoms with Gasteiger partial charge in [-0.1, -0.05) is 17.7 Å². The maximum Gasteiger partial charge on any atom is 0.303 e. The maximum atomic E-state index is 13.2. The molecule has 1 heterocycles. The molecule has 1 fully saturated rings. The van der Waals surface area contributed by atoms with Crippen molar-refractivity contribution in [1.82, 2.24) is 4.90 Å². The van der Waals surface area contributed by atoms with Gasteiger partial charge in [-0.2, -0.15) is 0 Å². The molecule has 3 nitrogen and oxygen atoms in total. The molecule has 1 aromatic carbocycles. The number of carboxylic acid groups (broad SMARTS) is 1. The van der Waals surface area contributed by atoms with Gasteiger partial charge in [0.2, 0.25) is 0 Å². The molecule has 1 aliphatic rings. The number of carboxylic acids is 1. The normalized spacial score (nSPS) is 16.8. The fraction of sp³-hybridized carbons (Fsp3) is 0.417. The van der Waals surface area contributed by atoms with Crippen LogP contribution in [0.25, 0.3) is 0 Å². The van der Waals surface area contributed by atoms with Crippen LogP contribution < -0.4 is 0 Å². The van der Waals surface area contributed by atoms with E-state index in [4.69, 9.17) is 16.7 Å². The molecule has 1 N–H and O–H groups in total. The molecule has 0 radical (unpaired) electrons. The average Bonchev–Trinajstić information content (AvgIpc) is 2.19. The summed E-state index contributed by atoms with van der Waals surface area (Å²) < 4.78 is 13.2. The highest BCUT2D eigenvalue weighted by molar-refractivity contribution is 6.30. The summed E-state index contributed by atoms with van der Waals surface area (Å²) in [6.07, 6.45) is 0.214. The molecule has 0 bridgehead atoms. The first-order chi connectivity index (χ1) is 8.04. The summed E-state index contributed by atoms with van der Waals surface area (Å²) in [5.74, 6) is -0.941. The third kappa shape index (κ3) is 3.17. The Balaban J connectivity index is 1.83. The lowest BCUT2D eigenvalue weighted by atomic mass is 9.96. The SMILES string of the molecule is O=C(O)CC1CN(Cc2ccc(Cl)c(F)c2)C1. The lowest BCUT2D eigenvalue weighted by Crippen LogP contribution is -2.46. The number of likely N-dealkylation sites (tertiary alicyclic amines) is 1. The predicted octanol–water partition coefficient (Wildman–Crippen LogP) is 2.39. The minimum Gasteiger partial charge on any atom is -0.481 e. The van der Waals surface area contributed by atoms with Gasteiger partial charge in [0.15, 0.2) is 0 Å².